The van der Waals surface area contributed by atoms with Crippen molar-refractivity contribution in [2.45, 2.75) is 25.2 Å². The van der Waals surface area contributed by atoms with Gasteiger partial charge in [0.25, 0.3) is 0 Å². The molecule has 0 radical (unpaired) electrons. The number of halogens is 1. The molecule has 0 aromatic heterocycles. The molecule has 1 aliphatic rings. The lowest BCUT2D eigenvalue weighted by atomic mass is 10.2. The summed E-state index contributed by atoms with van der Waals surface area (Å²) in [4.78, 5) is 0.609. The van der Waals surface area contributed by atoms with Crippen LogP contribution in [-0.2, 0) is 16.4 Å². The minimum Gasteiger partial charge on any atom is -0.493 e. The summed E-state index contributed by atoms with van der Waals surface area (Å²) in [5.74, 6) is 0.821. The largest absolute Gasteiger partial charge is 0.493 e. The second-order valence-corrected chi connectivity index (χ2v) is 4.35. The smallest absolute Gasteiger partial charge is 0.147 e. The van der Waals surface area contributed by atoms with Crippen LogP contribution in [0.5, 0.6) is 5.75 Å². The minimum absolute atomic E-state index is 0.609. The van der Waals surface area contributed by atoms with E-state index in [1.165, 1.54) is 5.56 Å². The van der Waals surface area contributed by atoms with Gasteiger partial charge < -0.3 is 4.74 Å². The zero-order valence-electron chi connectivity index (χ0n) is 8.25. The molecule has 4 heteroatoms. The fourth-order valence-corrected chi connectivity index (χ4v) is 1.91. The molecule has 1 aromatic rings. The Labute approximate surface area is 91.2 Å². The molecule has 1 unspecified atom stereocenters. The molecular formula is C10H13ClO2S. The molecule has 1 aliphatic heterocycles. The van der Waals surface area contributed by atoms with Gasteiger partial charge in [0.1, 0.15) is 15.8 Å². The van der Waals surface area contributed by atoms with Crippen molar-refractivity contribution in [2.75, 3.05) is 6.61 Å². The van der Waals surface area contributed by atoms with Crippen LogP contribution in [0, 0.1) is 0 Å². The van der Waals surface area contributed by atoms with Crippen LogP contribution in [0.3, 0.4) is 0 Å². The van der Waals surface area contributed by atoms with Crippen molar-refractivity contribution in [3.63, 3.8) is 0 Å². The molecular weight excluding hydrogens is 220 g/mol. The van der Waals surface area contributed by atoms with E-state index < -0.39 is 10.0 Å². The first-order valence-corrected chi connectivity index (χ1v) is 6.59. The highest BCUT2D eigenvalue weighted by atomic mass is 35.7. The molecule has 0 spiro atoms. The van der Waals surface area contributed by atoms with E-state index in [4.69, 9.17) is 15.4 Å². The third-order valence-electron chi connectivity index (χ3n) is 1.85. The number of fused-ring (bicyclic) bond motifs is 1. The maximum atomic E-state index is 10.9. The van der Waals surface area contributed by atoms with Gasteiger partial charge in [-0.3, -0.25) is 0 Å². The van der Waals surface area contributed by atoms with E-state index in [9.17, 15) is 4.21 Å². The van der Waals surface area contributed by atoms with Crippen LogP contribution in [0.2, 0.25) is 0 Å². The highest BCUT2D eigenvalue weighted by Crippen LogP contribution is 2.27. The Bertz CT molecular complexity index is 339. The summed E-state index contributed by atoms with van der Waals surface area (Å²) in [6.45, 7) is 4.72. The van der Waals surface area contributed by atoms with Gasteiger partial charge in [-0.1, -0.05) is 19.9 Å². The van der Waals surface area contributed by atoms with Gasteiger partial charge in [-0.25, -0.2) is 4.21 Å². The highest BCUT2D eigenvalue weighted by molar-refractivity contribution is 8.08. The van der Waals surface area contributed by atoms with Crippen molar-refractivity contribution in [1.82, 2.24) is 0 Å². The van der Waals surface area contributed by atoms with Gasteiger partial charge >= 0.3 is 0 Å². The van der Waals surface area contributed by atoms with Crippen LogP contribution in [0.15, 0.2) is 23.1 Å². The molecule has 0 saturated carbocycles. The maximum absolute atomic E-state index is 10.9. The van der Waals surface area contributed by atoms with Gasteiger partial charge in [0.05, 0.1) is 11.5 Å². The predicted octanol–water partition coefficient (Wildman–Crippen LogP) is 2.91. The quantitative estimate of drug-likeness (QED) is 0.696. The fourth-order valence-electron chi connectivity index (χ4n) is 1.25. The highest BCUT2D eigenvalue weighted by Gasteiger charge is 2.13. The second kappa shape index (κ2) is 5.37. The molecule has 1 heterocycles. The monoisotopic (exact) mass is 232 g/mol. The SMILES string of the molecule is CC.O=S(Cl)c1ccc2c(c1)OCC2. The molecule has 0 aliphatic carbocycles. The first-order valence-electron chi connectivity index (χ1n) is 4.61. The van der Waals surface area contributed by atoms with Crippen molar-refractivity contribution in [3.8, 4) is 5.75 Å². The van der Waals surface area contributed by atoms with Crippen molar-refractivity contribution < 1.29 is 8.95 Å². The molecule has 2 rings (SSSR count). The fraction of sp³-hybridized carbons (Fsp3) is 0.400. The van der Waals surface area contributed by atoms with E-state index in [0.29, 0.717) is 11.5 Å². The molecule has 1 atom stereocenters. The van der Waals surface area contributed by atoms with Gasteiger partial charge in [-0.15, -0.1) is 0 Å². The van der Waals surface area contributed by atoms with Gasteiger partial charge in [0.15, 0.2) is 0 Å². The van der Waals surface area contributed by atoms with E-state index in [2.05, 4.69) is 0 Å². The van der Waals surface area contributed by atoms with Crippen molar-refractivity contribution >= 4 is 20.7 Å². The number of hydrogen-bond donors (Lipinski definition) is 0. The van der Waals surface area contributed by atoms with Crippen molar-refractivity contribution in [2.24, 2.45) is 0 Å². The van der Waals surface area contributed by atoms with Gasteiger partial charge in [0.2, 0.25) is 0 Å². The summed E-state index contributed by atoms with van der Waals surface area (Å²) in [5, 5.41) is 0. The number of benzene rings is 1. The van der Waals surface area contributed by atoms with Crippen LogP contribution in [0.1, 0.15) is 19.4 Å². The van der Waals surface area contributed by atoms with E-state index in [1.807, 2.05) is 19.9 Å². The predicted molar refractivity (Wildman–Crippen MR) is 59.3 cm³/mol. The van der Waals surface area contributed by atoms with Gasteiger partial charge in [0, 0.05) is 6.42 Å². The van der Waals surface area contributed by atoms with Gasteiger partial charge in [-0.05, 0) is 28.4 Å². The summed E-state index contributed by atoms with van der Waals surface area (Å²) in [6.07, 6.45) is 0.935. The summed E-state index contributed by atoms with van der Waals surface area (Å²) in [7, 11) is 3.99. The molecule has 78 valence electrons. The Morgan fingerprint density at radius 1 is 1.43 bits per heavy atom. The Morgan fingerprint density at radius 2 is 2.14 bits per heavy atom. The summed E-state index contributed by atoms with van der Waals surface area (Å²) in [6, 6.07) is 5.43. The zero-order chi connectivity index (χ0) is 10.6. The topological polar surface area (TPSA) is 26.3 Å². The van der Waals surface area contributed by atoms with Crippen molar-refractivity contribution in [3.05, 3.63) is 23.8 Å². The summed E-state index contributed by atoms with van der Waals surface area (Å²) < 4.78 is 16.2. The van der Waals surface area contributed by atoms with Crippen molar-refractivity contribution in [1.29, 1.82) is 0 Å². The van der Waals surface area contributed by atoms with Crippen LogP contribution in [0.25, 0.3) is 0 Å². The van der Waals surface area contributed by atoms with Crippen LogP contribution in [-0.4, -0.2) is 10.8 Å². The Hall–Kier alpha value is -0.540. The molecule has 1 aromatic carbocycles. The standard InChI is InChI=1S/C8H7ClO2S.C2H6/c9-12(10)7-2-1-6-3-4-11-8(6)5-7;1-2/h1-2,5H,3-4H2;1-2H3. The Morgan fingerprint density at radius 3 is 2.79 bits per heavy atom. The van der Waals surface area contributed by atoms with E-state index >= 15 is 0 Å². The first-order chi connectivity index (χ1) is 6.77. The normalized spacial score (nSPS) is 14.8. The summed E-state index contributed by atoms with van der Waals surface area (Å²) >= 11 is 0. The van der Waals surface area contributed by atoms with Crippen LogP contribution < -0.4 is 4.74 Å². The molecule has 0 saturated heterocycles. The number of rotatable bonds is 1. The lowest BCUT2D eigenvalue weighted by Gasteiger charge is -1.99. The Kier molecular flexibility index (Phi) is 4.42. The molecule has 2 nitrogen and oxygen atoms in total. The van der Waals surface area contributed by atoms with Crippen LogP contribution in [0.4, 0.5) is 0 Å². The number of ether oxygens (including phenoxy) is 1. The second-order valence-electron chi connectivity index (χ2n) is 2.59. The third kappa shape index (κ3) is 2.49. The summed E-state index contributed by atoms with van der Waals surface area (Å²) in [5.41, 5.74) is 1.17. The van der Waals surface area contributed by atoms with Gasteiger partial charge in [-0.2, -0.15) is 0 Å². The number of hydrogen-bond acceptors (Lipinski definition) is 2. The molecule has 0 amide bonds. The lowest BCUT2D eigenvalue weighted by Crippen LogP contribution is -1.86. The molecule has 0 fully saturated rings. The maximum Gasteiger partial charge on any atom is 0.147 e. The lowest BCUT2D eigenvalue weighted by molar-refractivity contribution is 0.356. The van der Waals surface area contributed by atoms with Crippen LogP contribution >= 0.6 is 10.7 Å². The molecule has 0 bridgehead atoms. The first kappa shape index (κ1) is 11.5. The minimum atomic E-state index is -1.43. The zero-order valence-corrected chi connectivity index (χ0v) is 9.82. The van der Waals surface area contributed by atoms with E-state index in [0.717, 1.165) is 12.2 Å². The van der Waals surface area contributed by atoms with E-state index in [1.54, 1.807) is 12.1 Å². The average molecular weight is 233 g/mol. The molecule has 14 heavy (non-hydrogen) atoms. The average Bonchev–Trinajstić information content (AvgIpc) is 2.67. The third-order valence-corrected chi connectivity index (χ3v) is 3.01. The Balaban J connectivity index is 0.000000461. The van der Waals surface area contributed by atoms with E-state index in [-0.39, 0.29) is 0 Å². The molecule has 0 N–H and O–H groups in total.